The van der Waals surface area contributed by atoms with E-state index in [4.69, 9.17) is 9.84 Å². The minimum absolute atomic E-state index is 0.0292. The Morgan fingerprint density at radius 3 is 2.70 bits per heavy atom. The third kappa shape index (κ3) is 5.36. The minimum Gasteiger partial charge on any atom is -0.481 e. The van der Waals surface area contributed by atoms with Gasteiger partial charge in [0.05, 0.1) is 12.5 Å². The van der Waals surface area contributed by atoms with Crippen molar-refractivity contribution in [3.8, 4) is 0 Å². The number of amides is 2. The first kappa shape index (κ1) is 16.8. The van der Waals surface area contributed by atoms with Crippen LogP contribution in [0.1, 0.15) is 39.5 Å². The Bertz CT molecular complexity index is 322. The molecule has 0 aromatic carbocycles. The molecule has 0 aromatic heterocycles. The predicted octanol–water partition coefficient (Wildman–Crippen LogP) is 1.70. The molecule has 0 spiro atoms. The third-order valence-corrected chi connectivity index (χ3v) is 3.73. The molecule has 0 radical (unpaired) electrons. The van der Waals surface area contributed by atoms with Gasteiger partial charge in [-0.15, -0.1) is 0 Å². The Hall–Kier alpha value is -1.30. The van der Waals surface area contributed by atoms with E-state index in [1.54, 1.807) is 4.90 Å². The van der Waals surface area contributed by atoms with Gasteiger partial charge in [0.2, 0.25) is 0 Å². The fourth-order valence-corrected chi connectivity index (χ4v) is 2.53. The van der Waals surface area contributed by atoms with Gasteiger partial charge >= 0.3 is 12.0 Å². The van der Waals surface area contributed by atoms with Gasteiger partial charge in [-0.2, -0.15) is 0 Å². The van der Waals surface area contributed by atoms with E-state index in [0.717, 1.165) is 12.8 Å². The number of carboxylic acid groups (broad SMARTS) is 1. The maximum Gasteiger partial charge on any atom is 0.317 e. The maximum atomic E-state index is 12.1. The number of nitrogens with one attached hydrogen (secondary N) is 1. The van der Waals surface area contributed by atoms with Gasteiger partial charge in [-0.1, -0.05) is 6.42 Å². The van der Waals surface area contributed by atoms with Crippen LogP contribution in [-0.4, -0.2) is 54.4 Å². The predicted molar refractivity (Wildman–Crippen MR) is 75.7 cm³/mol. The second kappa shape index (κ2) is 8.79. The van der Waals surface area contributed by atoms with Crippen LogP contribution in [0.4, 0.5) is 4.79 Å². The van der Waals surface area contributed by atoms with Crippen LogP contribution in [-0.2, 0) is 9.53 Å². The summed E-state index contributed by atoms with van der Waals surface area (Å²) in [6.07, 6.45) is 2.96. The third-order valence-electron chi connectivity index (χ3n) is 3.73. The lowest BCUT2D eigenvalue weighted by molar-refractivity contribution is -0.143. The first-order valence-electron chi connectivity index (χ1n) is 7.44. The molecule has 1 aliphatic rings. The van der Waals surface area contributed by atoms with Gasteiger partial charge < -0.3 is 20.1 Å². The van der Waals surface area contributed by atoms with Crippen molar-refractivity contribution in [2.24, 2.45) is 5.92 Å². The van der Waals surface area contributed by atoms with Gasteiger partial charge in [0.15, 0.2) is 0 Å². The molecule has 2 atom stereocenters. The van der Waals surface area contributed by atoms with Gasteiger partial charge in [0.1, 0.15) is 0 Å². The number of ether oxygens (including phenoxy) is 1. The Labute approximate surface area is 120 Å². The van der Waals surface area contributed by atoms with Crippen LogP contribution in [0.5, 0.6) is 0 Å². The molecule has 0 saturated heterocycles. The smallest absolute Gasteiger partial charge is 0.317 e. The van der Waals surface area contributed by atoms with E-state index in [1.807, 2.05) is 13.8 Å². The largest absolute Gasteiger partial charge is 0.481 e. The standard InChI is InChI=1S/C14H26N2O4/c1-3-16(8-9-20-4-2)14(19)15-12-7-5-6-11(10-12)13(17)18/h11-12H,3-10H2,1-2H3,(H,15,19)(H,17,18). The zero-order valence-corrected chi connectivity index (χ0v) is 12.4. The van der Waals surface area contributed by atoms with Crippen molar-refractivity contribution in [3.63, 3.8) is 0 Å². The van der Waals surface area contributed by atoms with Crippen molar-refractivity contribution in [1.82, 2.24) is 10.2 Å². The SMILES string of the molecule is CCOCCN(CC)C(=O)NC1CCCC(C(=O)O)C1. The van der Waals surface area contributed by atoms with Gasteiger partial charge in [-0.25, -0.2) is 4.79 Å². The van der Waals surface area contributed by atoms with E-state index in [-0.39, 0.29) is 18.0 Å². The highest BCUT2D eigenvalue weighted by atomic mass is 16.5. The van der Waals surface area contributed by atoms with Crippen molar-refractivity contribution in [3.05, 3.63) is 0 Å². The molecule has 2 amide bonds. The molecule has 0 heterocycles. The highest BCUT2D eigenvalue weighted by molar-refractivity contribution is 5.75. The number of hydrogen-bond donors (Lipinski definition) is 2. The van der Waals surface area contributed by atoms with Crippen LogP contribution < -0.4 is 5.32 Å². The van der Waals surface area contributed by atoms with Gasteiger partial charge in [0, 0.05) is 25.7 Å². The number of aliphatic carboxylic acids is 1. The maximum absolute atomic E-state index is 12.1. The molecule has 0 bridgehead atoms. The Morgan fingerprint density at radius 2 is 2.10 bits per heavy atom. The monoisotopic (exact) mass is 286 g/mol. The average molecular weight is 286 g/mol. The number of likely N-dealkylation sites (N-methyl/N-ethyl adjacent to an activating group) is 1. The summed E-state index contributed by atoms with van der Waals surface area (Å²) in [4.78, 5) is 24.8. The summed E-state index contributed by atoms with van der Waals surface area (Å²) >= 11 is 0. The topological polar surface area (TPSA) is 78.9 Å². The van der Waals surface area contributed by atoms with Crippen LogP contribution in [0.2, 0.25) is 0 Å². The summed E-state index contributed by atoms with van der Waals surface area (Å²) in [7, 11) is 0. The van der Waals surface area contributed by atoms with E-state index in [9.17, 15) is 9.59 Å². The molecule has 2 unspecified atom stereocenters. The van der Waals surface area contributed by atoms with E-state index >= 15 is 0 Å². The summed E-state index contributed by atoms with van der Waals surface area (Å²) in [5.41, 5.74) is 0. The van der Waals surface area contributed by atoms with Crippen molar-refractivity contribution < 1.29 is 19.4 Å². The molecule has 1 rings (SSSR count). The second-order valence-electron chi connectivity index (χ2n) is 5.12. The quantitative estimate of drug-likeness (QED) is 0.698. The number of rotatable bonds is 7. The van der Waals surface area contributed by atoms with Crippen LogP contribution in [0.3, 0.4) is 0 Å². The van der Waals surface area contributed by atoms with Crippen LogP contribution >= 0.6 is 0 Å². The number of hydrogen-bond acceptors (Lipinski definition) is 3. The van der Waals surface area contributed by atoms with Crippen molar-refractivity contribution in [2.45, 2.75) is 45.6 Å². The Kier molecular flexibility index (Phi) is 7.36. The molecule has 116 valence electrons. The molecule has 2 N–H and O–H groups in total. The fourth-order valence-electron chi connectivity index (χ4n) is 2.53. The highest BCUT2D eigenvalue weighted by Gasteiger charge is 2.28. The summed E-state index contributed by atoms with van der Waals surface area (Å²) < 4.78 is 5.26. The summed E-state index contributed by atoms with van der Waals surface area (Å²) in [5, 5.41) is 12.0. The first-order valence-corrected chi connectivity index (χ1v) is 7.44. The summed E-state index contributed by atoms with van der Waals surface area (Å²) in [6, 6.07) is -0.151. The van der Waals surface area contributed by atoms with E-state index in [2.05, 4.69) is 5.32 Å². The molecule has 6 nitrogen and oxygen atoms in total. The van der Waals surface area contributed by atoms with Crippen LogP contribution in [0.15, 0.2) is 0 Å². The van der Waals surface area contributed by atoms with Crippen molar-refractivity contribution in [1.29, 1.82) is 0 Å². The van der Waals surface area contributed by atoms with Gasteiger partial charge in [-0.05, 0) is 33.1 Å². The number of carbonyl (C=O) groups is 2. The average Bonchev–Trinajstić information content (AvgIpc) is 2.43. The van der Waals surface area contributed by atoms with Gasteiger partial charge in [-0.3, -0.25) is 4.79 Å². The second-order valence-corrected chi connectivity index (χ2v) is 5.12. The van der Waals surface area contributed by atoms with Crippen molar-refractivity contribution in [2.75, 3.05) is 26.3 Å². The van der Waals surface area contributed by atoms with E-state index < -0.39 is 5.97 Å². The molecule has 1 saturated carbocycles. The van der Waals surface area contributed by atoms with Gasteiger partial charge in [0.25, 0.3) is 0 Å². The summed E-state index contributed by atoms with van der Waals surface area (Å²) in [6.45, 7) is 6.19. The van der Waals surface area contributed by atoms with Crippen LogP contribution in [0.25, 0.3) is 0 Å². The molecule has 20 heavy (non-hydrogen) atoms. The van der Waals surface area contributed by atoms with E-state index in [1.165, 1.54) is 0 Å². The molecular formula is C14H26N2O4. The number of nitrogens with zero attached hydrogens (tertiary/aromatic N) is 1. The first-order chi connectivity index (χ1) is 9.58. The lowest BCUT2D eigenvalue weighted by Crippen LogP contribution is -2.47. The number of carboxylic acids is 1. The molecule has 6 heteroatoms. The van der Waals surface area contributed by atoms with E-state index in [0.29, 0.717) is 39.1 Å². The lowest BCUT2D eigenvalue weighted by Gasteiger charge is -2.30. The number of carbonyl (C=O) groups excluding carboxylic acids is 1. The minimum atomic E-state index is -0.757. The molecule has 1 fully saturated rings. The number of urea groups is 1. The Morgan fingerprint density at radius 1 is 1.35 bits per heavy atom. The van der Waals surface area contributed by atoms with Crippen LogP contribution in [0, 0.1) is 5.92 Å². The fraction of sp³-hybridized carbons (Fsp3) is 0.857. The normalized spacial score (nSPS) is 22.3. The highest BCUT2D eigenvalue weighted by Crippen LogP contribution is 2.24. The molecular weight excluding hydrogens is 260 g/mol. The summed E-state index contributed by atoms with van der Waals surface area (Å²) in [5.74, 6) is -1.08. The zero-order valence-electron chi connectivity index (χ0n) is 12.4. The Balaban J connectivity index is 2.40. The van der Waals surface area contributed by atoms with Crippen molar-refractivity contribution >= 4 is 12.0 Å². The molecule has 0 aromatic rings. The zero-order chi connectivity index (χ0) is 15.0. The molecule has 1 aliphatic carbocycles. The lowest BCUT2D eigenvalue weighted by atomic mass is 9.86. The molecule has 0 aliphatic heterocycles.